The number of benzene rings is 1. The molecule has 0 aromatic heterocycles. The van der Waals surface area contributed by atoms with Crippen molar-refractivity contribution in [3.8, 4) is 0 Å². The molecule has 0 amide bonds. The molecule has 0 aliphatic heterocycles. The lowest BCUT2D eigenvalue weighted by Crippen LogP contribution is -1.88. The summed E-state index contributed by atoms with van der Waals surface area (Å²) in [5.74, 6) is -0.175. The highest BCUT2D eigenvalue weighted by atomic mass is 35.5. The van der Waals surface area contributed by atoms with Gasteiger partial charge in [-0.1, -0.05) is 18.5 Å². The SMILES string of the molecule is CCc1cc(F)c(C)cc1Cl. The van der Waals surface area contributed by atoms with Crippen LogP contribution in [0.5, 0.6) is 0 Å². The van der Waals surface area contributed by atoms with Gasteiger partial charge in [0.2, 0.25) is 0 Å². The van der Waals surface area contributed by atoms with E-state index in [1.807, 2.05) is 6.92 Å². The largest absolute Gasteiger partial charge is 0.207 e. The minimum atomic E-state index is -0.175. The van der Waals surface area contributed by atoms with Gasteiger partial charge >= 0.3 is 0 Å². The third-order valence-electron chi connectivity index (χ3n) is 1.71. The predicted molar refractivity (Wildman–Crippen MR) is 45.5 cm³/mol. The fraction of sp³-hybridized carbons (Fsp3) is 0.333. The molecular formula is C9H10ClF. The first-order chi connectivity index (χ1) is 5.15. The van der Waals surface area contributed by atoms with Gasteiger partial charge in [-0.05, 0) is 36.6 Å². The maximum atomic E-state index is 12.9. The van der Waals surface area contributed by atoms with Crippen LogP contribution in [-0.2, 0) is 6.42 Å². The molecule has 0 atom stereocenters. The van der Waals surface area contributed by atoms with Crippen LogP contribution in [-0.4, -0.2) is 0 Å². The highest BCUT2D eigenvalue weighted by molar-refractivity contribution is 6.31. The Bertz CT molecular complexity index is 269. The topological polar surface area (TPSA) is 0 Å². The molecule has 0 radical (unpaired) electrons. The van der Waals surface area contributed by atoms with Crippen molar-refractivity contribution >= 4 is 11.6 Å². The van der Waals surface area contributed by atoms with Crippen molar-refractivity contribution in [1.29, 1.82) is 0 Å². The molecule has 2 heteroatoms. The Morgan fingerprint density at radius 2 is 2.09 bits per heavy atom. The van der Waals surface area contributed by atoms with Crippen LogP contribution >= 0.6 is 11.6 Å². The van der Waals surface area contributed by atoms with Crippen LogP contribution in [0.4, 0.5) is 4.39 Å². The molecule has 0 spiro atoms. The van der Waals surface area contributed by atoms with Gasteiger partial charge in [-0.2, -0.15) is 0 Å². The van der Waals surface area contributed by atoms with Crippen LogP contribution in [0, 0.1) is 12.7 Å². The monoisotopic (exact) mass is 172 g/mol. The molecule has 0 aliphatic carbocycles. The van der Waals surface area contributed by atoms with E-state index >= 15 is 0 Å². The van der Waals surface area contributed by atoms with Crippen LogP contribution in [0.2, 0.25) is 5.02 Å². The average molecular weight is 173 g/mol. The van der Waals surface area contributed by atoms with Crippen molar-refractivity contribution in [2.45, 2.75) is 20.3 Å². The molecule has 1 rings (SSSR count). The molecular weight excluding hydrogens is 163 g/mol. The first-order valence-electron chi connectivity index (χ1n) is 3.59. The number of halogens is 2. The number of rotatable bonds is 1. The average Bonchev–Trinajstić information content (AvgIpc) is 1.97. The fourth-order valence-corrected chi connectivity index (χ4v) is 1.31. The van der Waals surface area contributed by atoms with Crippen molar-refractivity contribution < 1.29 is 4.39 Å². The summed E-state index contributed by atoms with van der Waals surface area (Å²) in [6.07, 6.45) is 0.774. The molecule has 0 heterocycles. The molecule has 0 nitrogen and oxygen atoms in total. The minimum absolute atomic E-state index is 0.175. The van der Waals surface area contributed by atoms with Gasteiger partial charge in [0.15, 0.2) is 0 Å². The van der Waals surface area contributed by atoms with Crippen LogP contribution in [0.1, 0.15) is 18.1 Å². The molecule has 0 N–H and O–H groups in total. The normalized spacial score (nSPS) is 10.2. The molecule has 11 heavy (non-hydrogen) atoms. The zero-order valence-corrected chi connectivity index (χ0v) is 7.37. The van der Waals surface area contributed by atoms with Crippen molar-refractivity contribution in [3.63, 3.8) is 0 Å². The molecule has 0 unspecified atom stereocenters. The third kappa shape index (κ3) is 1.72. The first kappa shape index (κ1) is 8.54. The maximum absolute atomic E-state index is 12.9. The lowest BCUT2D eigenvalue weighted by Gasteiger charge is -2.02. The summed E-state index contributed by atoms with van der Waals surface area (Å²) in [7, 11) is 0. The minimum Gasteiger partial charge on any atom is -0.207 e. The second-order valence-corrected chi connectivity index (χ2v) is 2.95. The van der Waals surface area contributed by atoms with E-state index in [0.717, 1.165) is 12.0 Å². The van der Waals surface area contributed by atoms with Crippen molar-refractivity contribution in [1.82, 2.24) is 0 Å². The predicted octanol–water partition coefficient (Wildman–Crippen LogP) is 3.35. The summed E-state index contributed by atoms with van der Waals surface area (Å²) in [4.78, 5) is 0. The number of aryl methyl sites for hydroxylation is 2. The number of hydrogen-bond donors (Lipinski definition) is 0. The van der Waals surface area contributed by atoms with Gasteiger partial charge in [-0.25, -0.2) is 4.39 Å². The lowest BCUT2D eigenvalue weighted by atomic mass is 10.1. The Hall–Kier alpha value is -0.560. The highest BCUT2D eigenvalue weighted by Gasteiger charge is 2.02. The Kier molecular flexibility index (Phi) is 2.50. The molecule has 0 saturated carbocycles. The maximum Gasteiger partial charge on any atom is 0.126 e. The van der Waals surface area contributed by atoms with Gasteiger partial charge in [0.05, 0.1) is 0 Å². The lowest BCUT2D eigenvalue weighted by molar-refractivity contribution is 0.616. The van der Waals surface area contributed by atoms with E-state index in [9.17, 15) is 4.39 Å². The summed E-state index contributed by atoms with van der Waals surface area (Å²) in [5, 5.41) is 0.659. The Balaban J connectivity index is 3.21. The molecule has 0 aliphatic rings. The van der Waals surface area contributed by atoms with Gasteiger partial charge in [-0.15, -0.1) is 0 Å². The van der Waals surface area contributed by atoms with E-state index < -0.39 is 0 Å². The molecule has 0 fully saturated rings. The van der Waals surface area contributed by atoms with E-state index in [0.29, 0.717) is 10.6 Å². The third-order valence-corrected chi connectivity index (χ3v) is 2.06. The van der Waals surface area contributed by atoms with E-state index in [1.165, 1.54) is 6.07 Å². The van der Waals surface area contributed by atoms with Crippen molar-refractivity contribution in [2.75, 3.05) is 0 Å². The van der Waals surface area contributed by atoms with E-state index in [4.69, 9.17) is 11.6 Å². The molecule has 0 saturated heterocycles. The zero-order valence-electron chi connectivity index (χ0n) is 6.62. The summed E-state index contributed by atoms with van der Waals surface area (Å²) < 4.78 is 12.9. The zero-order chi connectivity index (χ0) is 8.43. The van der Waals surface area contributed by atoms with E-state index in [-0.39, 0.29) is 5.82 Å². The first-order valence-corrected chi connectivity index (χ1v) is 3.97. The van der Waals surface area contributed by atoms with Gasteiger partial charge in [0.1, 0.15) is 5.82 Å². The van der Waals surface area contributed by atoms with Crippen molar-refractivity contribution in [2.24, 2.45) is 0 Å². The van der Waals surface area contributed by atoms with E-state index in [1.54, 1.807) is 13.0 Å². The van der Waals surface area contributed by atoms with Crippen LogP contribution in [0.25, 0.3) is 0 Å². The van der Waals surface area contributed by atoms with Gasteiger partial charge in [-0.3, -0.25) is 0 Å². The second kappa shape index (κ2) is 3.22. The fourth-order valence-electron chi connectivity index (χ4n) is 0.958. The van der Waals surface area contributed by atoms with E-state index in [2.05, 4.69) is 0 Å². The van der Waals surface area contributed by atoms with Crippen molar-refractivity contribution in [3.05, 3.63) is 34.1 Å². The molecule has 0 bridgehead atoms. The Morgan fingerprint density at radius 1 is 1.45 bits per heavy atom. The van der Waals surface area contributed by atoms with Crippen LogP contribution in [0.15, 0.2) is 12.1 Å². The van der Waals surface area contributed by atoms with Gasteiger partial charge in [0.25, 0.3) is 0 Å². The smallest absolute Gasteiger partial charge is 0.126 e. The summed E-state index contributed by atoms with van der Waals surface area (Å²) in [5.41, 5.74) is 1.47. The summed E-state index contributed by atoms with van der Waals surface area (Å²) >= 11 is 5.83. The quantitative estimate of drug-likeness (QED) is 0.610. The Morgan fingerprint density at radius 3 is 2.64 bits per heavy atom. The highest BCUT2D eigenvalue weighted by Crippen LogP contribution is 2.20. The van der Waals surface area contributed by atoms with Crippen LogP contribution in [0.3, 0.4) is 0 Å². The molecule has 60 valence electrons. The number of hydrogen-bond acceptors (Lipinski definition) is 0. The Labute approximate surface area is 71.0 Å². The van der Waals surface area contributed by atoms with Gasteiger partial charge < -0.3 is 0 Å². The molecule has 1 aromatic carbocycles. The molecule has 1 aromatic rings. The van der Waals surface area contributed by atoms with Gasteiger partial charge in [0, 0.05) is 5.02 Å². The second-order valence-electron chi connectivity index (χ2n) is 2.55. The summed E-state index contributed by atoms with van der Waals surface area (Å²) in [6, 6.07) is 3.16. The van der Waals surface area contributed by atoms with Crippen LogP contribution < -0.4 is 0 Å². The summed E-state index contributed by atoms with van der Waals surface area (Å²) in [6.45, 7) is 3.66. The standard InChI is InChI=1S/C9H10ClF/c1-3-7-5-9(11)6(2)4-8(7)10/h4-5H,3H2,1-2H3.